The molecule has 0 spiro atoms. The molecule has 1 N–H and O–H groups in total. The molecule has 3 nitrogen and oxygen atoms in total. The van der Waals surface area contributed by atoms with Crippen LogP contribution >= 0.6 is 0 Å². The summed E-state index contributed by atoms with van der Waals surface area (Å²) in [5.41, 5.74) is 3.21. The third-order valence-electron chi connectivity index (χ3n) is 4.78. The second kappa shape index (κ2) is 8.74. The number of unbranched alkanes of at least 4 members (excludes halogenated alkanes) is 1. The van der Waals surface area contributed by atoms with Gasteiger partial charge in [0.25, 0.3) is 0 Å². The first-order valence-corrected chi connectivity index (χ1v) is 8.90. The number of fused-ring (bicyclic) bond motifs is 1. The lowest BCUT2D eigenvalue weighted by atomic mass is 9.95. The Kier molecular flexibility index (Phi) is 6.67. The highest BCUT2D eigenvalue weighted by atomic mass is 15.1. The standard InChI is InChI=1S/C20H29N3/c1-4-23(5-2)11-7-6-8-16(3)12-18-15-22-20-10-9-17(14-21)13-19(18)20/h9-10,13,15-16,22H,4-8,11-12H2,1-3H3. The summed E-state index contributed by atoms with van der Waals surface area (Å²) in [4.78, 5) is 5.82. The van der Waals surface area contributed by atoms with Gasteiger partial charge < -0.3 is 9.88 Å². The SMILES string of the molecule is CCN(CC)CCCCC(C)Cc1c[nH]c2ccc(C#N)cc12. The minimum Gasteiger partial charge on any atom is -0.361 e. The van der Waals surface area contributed by atoms with E-state index in [4.69, 9.17) is 5.26 Å². The lowest BCUT2D eigenvalue weighted by molar-refractivity contribution is 0.292. The van der Waals surface area contributed by atoms with Gasteiger partial charge in [0.15, 0.2) is 0 Å². The molecule has 3 heteroatoms. The van der Waals surface area contributed by atoms with Crippen LogP contribution in [0.4, 0.5) is 0 Å². The molecule has 2 aromatic rings. The summed E-state index contributed by atoms with van der Waals surface area (Å²) in [5.74, 6) is 0.677. The number of rotatable bonds is 9. The van der Waals surface area contributed by atoms with Gasteiger partial charge in [0.1, 0.15) is 0 Å². The van der Waals surface area contributed by atoms with Crippen LogP contribution in [0.3, 0.4) is 0 Å². The average molecular weight is 311 g/mol. The van der Waals surface area contributed by atoms with Crippen LogP contribution in [0.2, 0.25) is 0 Å². The maximum absolute atomic E-state index is 9.07. The van der Waals surface area contributed by atoms with Crippen molar-refractivity contribution in [3.8, 4) is 6.07 Å². The molecule has 0 amide bonds. The number of H-pyrrole nitrogens is 1. The summed E-state index contributed by atoms with van der Waals surface area (Å²) in [5, 5.41) is 10.3. The Balaban J connectivity index is 1.86. The van der Waals surface area contributed by atoms with Crippen LogP contribution in [0.25, 0.3) is 10.9 Å². The molecule has 1 atom stereocenters. The molecular weight excluding hydrogens is 282 g/mol. The molecule has 0 aliphatic rings. The van der Waals surface area contributed by atoms with Crippen molar-refractivity contribution in [2.75, 3.05) is 19.6 Å². The van der Waals surface area contributed by atoms with Crippen molar-refractivity contribution >= 4 is 10.9 Å². The molecule has 23 heavy (non-hydrogen) atoms. The number of aromatic nitrogens is 1. The second-order valence-corrected chi connectivity index (χ2v) is 6.52. The van der Waals surface area contributed by atoms with Gasteiger partial charge in [0, 0.05) is 17.1 Å². The zero-order valence-electron chi connectivity index (χ0n) is 14.7. The van der Waals surface area contributed by atoms with Crippen molar-refractivity contribution in [2.45, 2.75) is 46.5 Å². The Bertz CT molecular complexity index is 646. The Morgan fingerprint density at radius 1 is 1.22 bits per heavy atom. The van der Waals surface area contributed by atoms with E-state index in [-0.39, 0.29) is 0 Å². The van der Waals surface area contributed by atoms with Crippen LogP contribution in [0.1, 0.15) is 51.2 Å². The normalized spacial score (nSPS) is 12.7. The predicted octanol–water partition coefficient (Wildman–Crippen LogP) is 4.73. The van der Waals surface area contributed by atoms with Crippen molar-refractivity contribution in [2.24, 2.45) is 5.92 Å². The Morgan fingerprint density at radius 2 is 2.00 bits per heavy atom. The van der Waals surface area contributed by atoms with Gasteiger partial charge in [-0.05, 0) is 62.2 Å². The number of nitrogens with one attached hydrogen (secondary N) is 1. The Morgan fingerprint density at radius 3 is 2.70 bits per heavy atom. The van der Waals surface area contributed by atoms with E-state index in [0.717, 1.165) is 30.6 Å². The number of hydrogen-bond acceptors (Lipinski definition) is 2. The van der Waals surface area contributed by atoms with Crippen LogP contribution in [0, 0.1) is 17.2 Å². The van der Waals surface area contributed by atoms with Gasteiger partial charge in [-0.2, -0.15) is 5.26 Å². The molecule has 0 saturated heterocycles. The first-order valence-electron chi connectivity index (χ1n) is 8.90. The van der Waals surface area contributed by atoms with Crippen LogP contribution in [-0.2, 0) is 6.42 Å². The maximum atomic E-state index is 9.07. The van der Waals surface area contributed by atoms with Crippen molar-refractivity contribution in [1.29, 1.82) is 5.26 Å². The summed E-state index contributed by atoms with van der Waals surface area (Å²) in [7, 11) is 0. The van der Waals surface area contributed by atoms with Gasteiger partial charge in [-0.3, -0.25) is 0 Å². The van der Waals surface area contributed by atoms with Gasteiger partial charge in [-0.15, -0.1) is 0 Å². The third kappa shape index (κ3) is 4.84. The molecule has 1 aromatic carbocycles. The number of hydrogen-bond donors (Lipinski definition) is 1. The zero-order valence-corrected chi connectivity index (χ0v) is 14.7. The minimum atomic E-state index is 0.677. The van der Waals surface area contributed by atoms with Gasteiger partial charge in [-0.1, -0.05) is 33.6 Å². The highest BCUT2D eigenvalue weighted by molar-refractivity contribution is 5.84. The molecule has 1 aromatic heterocycles. The van der Waals surface area contributed by atoms with Gasteiger partial charge in [0.2, 0.25) is 0 Å². The summed E-state index contributed by atoms with van der Waals surface area (Å²) in [6, 6.07) is 8.12. The van der Waals surface area contributed by atoms with E-state index in [9.17, 15) is 0 Å². The average Bonchev–Trinajstić information content (AvgIpc) is 2.97. The number of aromatic amines is 1. The molecule has 124 valence electrons. The molecule has 0 aliphatic heterocycles. The number of nitriles is 1. The molecule has 0 radical (unpaired) electrons. The lowest BCUT2D eigenvalue weighted by Gasteiger charge is -2.18. The van der Waals surface area contributed by atoms with E-state index in [2.05, 4.69) is 42.9 Å². The molecule has 0 aliphatic carbocycles. The molecule has 0 saturated carbocycles. The van der Waals surface area contributed by atoms with Crippen LogP contribution in [-0.4, -0.2) is 29.5 Å². The van der Waals surface area contributed by atoms with E-state index in [1.807, 2.05) is 18.2 Å². The lowest BCUT2D eigenvalue weighted by Crippen LogP contribution is -2.23. The topological polar surface area (TPSA) is 42.8 Å². The molecule has 1 heterocycles. The monoisotopic (exact) mass is 311 g/mol. The predicted molar refractivity (Wildman–Crippen MR) is 97.5 cm³/mol. The molecule has 0 fully saturated rings. The van der Waals surface area contributed by atoms with Crippen LogP contribution in [0.5, 0.6) is 0 Å². The van der Waals surface area contributed by atoms with Gasteiger partial charge >= 0.3 is 0 Å². The smallest absolute Gasteiger partial charge is 0.0991 e. The Labute approximate surface area is 140 Å². The number of nitrogens with zero attached hydrogens (tertiary/aromatic N) is 2. The highest BCUT2D eigenvalue weighted by Crippen LogP contribution is 2.24. The van der Waals surface area contributed by atoms with Gasteiger partial charge in [-0.25, -0.2) is 0 Å². The fourth-order valence-corrected chi connectivity index (χ4v) is 3.26. The van der Waals surface area contributed by atoms with Crippen LogP contribution in [0.15, 0.2) is 24.4 Å². The fourth-order valence-electron chi connectivity index (χ4n) is 3.26. The van der Waals surface area contributed by atoms with Crippen LogP contribution < -0.4 is 0 Å². The largest absolute Gasteiger partial charge is 0.361 e. The van der Waals surface area contributed by atoms with E-state index in [1.165, 1.54) is 36.8 Å². The quantitative estimate of drug-likeness (QED) is 0.680. The Hall–Kier alpha value is -1.79. The molecule has 1 unspecified atom stereocenters. The first-order chi connectivity index (χ1) is 11.2. The number of benzene rings is 1. The van der Waals surface area contributed by atoms with Crippen molar-refractivity contribution in [3.63, 3.8) is 0 Å². The van der Waals surface area contributed by atoms with E-state index >= 15 is 0 Å². The van der Waals surface area contributed by atoms with E-state index in [0.29, 0.717) is 5.92 Å². The summed E-state index contributed by atoms with van der Waals surface area (Å²) >= 11 is 0. The molecule has 0 bridgehead atoms. The van der Waals surface area contributed by atoms with E-state index in [1.54, 1.807) is 0 Å². The first kappa shape index (κ1) is 17.6. The van der Waals surface area contributed by atoms with E-state index < -0.39 is 0 Å². The fraction of sp³-hybridized carbons (Fsp3) is 0.550. The zero-order chi connectivity index (χ0) is 16.7. The summed E-state index contributed by atoms with van der Waals surface area (Å²) in [6.45, 7) is 10.3. The molecular formula is C20H29N3. The summed E-state index contributed by atoms with van der Waals surface area (Å²) < 4.78 is 0. The van der Waals surface area contributed by atoms with Gasteiger partial charge in [0.05, 0.1) is 11.6 Å². The minimum absolute atomic E-state index is 0.677. The van der Waals surface area contributed by atoms with Crippen molar-refractivity contribution in [3.05, 3.63) is 35.5 Å². The third-order valence-corrected chi connectivity index (χ3v) is 4.78. The second-order valence-electron chi connectivity index (χ2n) is 6.52. The maximum Gasteiger partial charge on any atom is 0.0991 e. The van der Waals surface area contributed by atoms with Crippen molar-refractivity contribution in [1.82, 2.24) is 9.88 Å². The van der Waals surface area contributed by atoms with Crippen molar-refractivity contribution < 1.29 is 0 Å². The molecule has 2 rings (SSSR count). The summed E-state index contributed by atoms with van der Waals surface area (Å²) in [6.07, 6.45) is 7.05. The highest BCUT2D eigenvalue weighted by Gasteiger charge is 2.09.